The van der Waals surface area contributed by atoms with Gasteiger partial charge < -0.3 is 14.8 Å². The minimum absolute atomic E-state index is 0.0941. The lowest BCUT2D eigenvalue weighted by Gasteiger charge is -2.26. The summed E-state index contributed by atoms with van der Waals surface area (Å²) in [5, 5.41) is 10.7. The standard InChI is InChI=1S/C20H21N5O3/c1-11-15-4-5-21-18(15)23-8-16(11)12-6-17-19(22-7-12)24-20(27)25(17)9-14-3-2-13(26)10-28-14/h4-8,13-14,26H,2-3,9-10H2,1H3,(H,21,23)(H,22,24,27)/t13-,14-/m1/s1. The molecule has 0 aliphatic carbocycles. The quantitative estimate of drug-likeness (QED) is 0.505. The number of aliphatic hydroxyl groups is 1. The monoisotopic (exact) mass is 379 g/mol. The van der Waals surface area contributed by atoms with Crippen molar-refractivity contribution < 1.29 is 9.84 Å². The third-order valence-electron chi connectivity index (χ3n) is 5.53. The number of imidazole rings is 1. The van der Waals surface area contributed by atoms with E-state index in [4.69, 9.17) is 4.74 Å². The molecule has 144 valence electrons. The molecule has 4 aromatic rings. The Balaban J connectivity index is 1.56. The average Bonchev–Trinajstić information content (AvgIpc) is 3.29. The number of hydrogen-bond acceptors (Lipinski definition) is 5. The molecule has 0 bridgehead atoms. The number of nitrogens with zero attached hydrogens (tertiary/aromatic N) is 3. The molecule has 5 heterocycles. The van der Waals surface area contributed by atoms with E-state index in [0.29, 0.717) is 25.2 Å². The third kappa shape index (κ3) is 2.81. The van der Waals surface area contributed by atoms with Gasteiger partial charge in [-0.15, -0.1) is 0 Å². The van der Waals surface area contributed by atoms with E-state index in [9.17, 15) is 9.90 Å². The van der Waals surface area contributed by atoms with Crippen molar-refractivity contribution in [2.24, 2.45) is 0 Å². The van der Waals surface area contributed by atoms with E-state index in [-0.39, 0.29) is 11.8 Å². The summed E-state index contributed by atoms with van der Waals surface area (Å²) in [4.78, 5) is 27.4. The Hall–Kier alpha value is -2.97. The number of nitrogens with one attached hydrogen (secondary N) is 2. The lowest BCUT2D eigenvalue weighted by molar-refractivity contribution is -0.0609. The van der Waals surface area contributed by atoms with Crippen molar-refractivity contribution in [3.63, 3.8) is 0 Å². The van der Waals surface area contributed by atoms with Crippen molar-refractivity contribution in [1.29, 1.82) is 0 Å². The summed E-state index contributed by atoms with van der Waals surface area (Å²) in [6, 6.07) is 3.98. The zero-order valence-corrected chi connectivity index (χ0v) is 15.5. The molecule has 8 nitrogen and oxygen atoms in total. The van der Waals surface area contributed by atoms with E-state index >= 15 is 0 Å². The Morgan fingerprint density at radius 1 is 1.29 bits per heavy atom. The van der Waals surface area contributed by atoms with E-state index in [0.717, 1.165) is 39.7 Å². The second-order valence-electron chi connectivity index (χ2n) is 7.36. The van der Waals surface area contributed by atoms with Crippen molar-refractivity contribution in [3.05, 3.63) is 46.8 Å². The minimum atomic E-state index is -0.414. The highest BCUT2D eigenvalue weighted by molar-refractivity contribution is 5.88. The first kappa shape index (κ1) is 17.2. The molecule has 1 saturated heterocycles. The van der Waals surface area contributed by atoms with Crippen LogP contribution in [0.5, 0.6) is 0 Å². The topological polar surface area (TPSA) is 109 Å². The largest absolute Gasteiger partial charge is 0.391 e. The molecular weight excluding hydrogens is 358 g/mol. The Morgan fingerprint density at radius 3 is 2.96 bits per heavy atom. The van der Waals surface area contributed by atoms with Crippen molar-refractivity contribution in [2.75, 3.05) is 6.61 Å². The molecule has 0 unspecified atom stereocenters. The molecule has 5 rings (SSSR count). The van der Waals surface area contributed by atoms with Crippen LogP contribution in [0, 0.1) is 6.92 Å². The second-order valence-corrected chi connectivity index (χ2v) is 7.36. The molecule has 0 saturated carbocycles. The SMILES string of the molecule is Cc1c(-c2cnc3[nH]c(=O)n(C[C@H]4CC[C@@H](O)CO4)c3c2)cnc2[nH]ccc12. The first-order valence-corrected chi connectivity index (χ1v) is 9.41. The molecule has 28 heavy (non-hydrogen) atoms. The van der Waals surface area contributed by atoms with E-state index in [1.54, 1.807) is 10.8 Å². The number of fused-ring (bicyclic) bond motifs is 2. The summed E-state index contributed by atoms with van der Waals surface area (Å²) in [6.45, 7) is 2.81. The van der Waals surface area contributed by atoms with Gasteiger partial charge in [-0.2, -0.15) is 0 Å². The van der Waals surface area contributed by atoms with Gasteiger partial charge in [-0.25, -0.2) is 14.8 Å². The number of pyridine rings is 2. The Morgan fingerprint density at radius 2 is 2.14 bits per heavy atom. The molecule has 2 atom stereocenters. The van der Waals surface area contributed by atoms with Gasteiger partial charge in [0, 0.05) is 35.1 Å². The predicted octanol–water partition coefficient (Wildman–Crippen LogP) is 2.12. The maximum Gasteiger partial charge on any atom is 0.327 e. The molecular formula is C20H21N5O3. The number of ether oxygens (including phenoxy) is 1. The van der Waals surface area contributed by atoms with E-state index < -0.39 is 6.10 Å². The summed E-state index contributed by atoms with van der Waals surface area (Å²) in [6.07, 6.45) is 6.37. The van der Waals surface area contributed by atoms with Gasteiger partial charge in [0.25, 0.3) is 0 Å². The van der Waals surface area contributed by atoms with Gasteiger partial charge in [-0.1, -0.05) is 0 Å². The number of aliphatic hydroxyl groups excluding tert-OH is 1. The van der Waals surface area contributed by atoms with Crippen LogP contribution in [0.3, 0.4) is 0 Å². The summed E-state index contributed by atoms with van der Waals surface area (Å²) >= 11 is 0. The molecule has 4 aromatic heterocycles. The van der Waals surface area contributed by atoms with Gasteiger partial charge in [0.15, 0.2) is 5.65 Å². The van der Waals surface area contributed by atoms with Crippen LogP contribution >= 0.6 is 0 Å². The first-order valence-electron chi connectivity index (χ1n) is 9.41. The third-order valence-corrected chi connectivity index (χ3v) is 5.53. The van der Waals surface area contributed by atoms with Crippen LogP contribution < -0.4 is 5.69 Å². The average molecular weight is 379 g/mol. The number of aryl methyl sites for hydroxylation is 1. The van der Waals surface area contributed by atoms with Crippen LogP contribution in [-0.2, 0) is 11.3 Å². The summed E-state index contributed by atoms with van der Waals surface area (Å²) in [7, 11) is 0. The second kappa shape index (κ2) is 6.57. The van der Waals surface area contributed by atoms with Gasteiger partial charge in [0.05, 0.1) is 30.9 Å². The smallest absolute Gasteiger partial charge is 0.327 e. The van der Waals surface area contributed by atoms with Gasteiger partial charge >= 0.3 is 5.69 Å². The zero-order chi connectivity index (χ0) is 19.3. The summed E-state index contributed by atoms with van der Waals surface area (Å²) in [5.41, 5.74) is 4.95. The van der Waals surface area contributed by atoms with Crippen LogP contribution in [-0.4, -0.2) is 48.4 Å². The summed E-state index contributed by atoms with van der Waals surface area (Å²) in [5.74, 6) is 0. The highest BCUT2D eigenvalue weighted by atomic mass is 16.5. The Bertz CT molecular complexity index is 1210. The van der Waals surface area contributed by atoms with E-state index in [1.165, 1.54) is 0 Å². The fourth-order valence-electron chi connectivity index (χ4n) is 3.93. The fraction of sp³-hybridized carbons (Fsp3) is 0.350. The maximum absolute atomic E-state index is 12.5. The molecule has 3 N–H and O–H groups in total. The van der Waals surface area contributed by atoms with Crippen molar-refractivity contribution in [2.45, 2.75) is 38.5 Å². The lowest BCUT2D eigenvalue weighted by Crippen LogP contribution is -2.34. The highest BCUT2D eigenvalue weighted by Gasteiger charge is 2.22. The van der Waals surface area contributed by atoms with Crippen LogP contribution in [0.4, 0.5) is 0 Å². The molecule has 1 aliphatic heterocycles. The molecule has 0 aromatic carbocycles. The molecule has 0 amide bonds. The number of aromatic nitrogens is 5. The Kier molecular flexibility index (Phi) is 4.03. The highest BCUT2D eigenvalue weighted by Crippen LogP contribution is 2.29. The summed E-state index contributed by atoms with van der Waals surface area (Å²) < 4.78 is 7.36. The first-order chi connectivity index (χ1) is 13.6. The number of hydrogen-bond donors (Lipinski definition) is 3. The lowest BCUT2D eigenvalue weighted by atomic mass is 10.0. The van der Waals surface area contributed by atoms with Crippen molar-refractivity contribution >= 4 is 22.2 Å². The van der Waals surface area contributed by atoms with Gasteiger partial charge in [-0.3, -0.25) is 9.55 Å². The maximum atomic E-state index is 12.5. The molecule has 0 radical (unpaired) electrons. The fourth-order valence-corrected chi connectivity index (χ4v) is 3.93. The van der Waals surface area contributed by atoms with Crippen LogP contribution in [0.25, 0.3) is 33.3 Å². The zero-order valence-electron chi connectivity index (χ0n) is 15.5. The van der Waals surface area contributed by atoms with Crippen LogP contribution in [0.1, 0.15) is 18.4 Å². The normalized spacial score (nSPS) is 20.2. The molecule has 1 aliphatic rings. The molecule has 0 spiro atoms. The van der Waals surface area contributed by atoms with Crippen LogP contribution in [0.2, 0.25) is 0 Å². The van der Waals surface area contributed by atoms with Gasteiger partial charge in [0.2, 0.25) is 0 Å². The van der Waals surface area contributed by atoms with Crippen molar-refractivity contribution in [3.8, 4) is 11.1 Å². The van der Waals surface area contributed by atoms with Gasteiger partial charge in [-0.05, 0) is 37.5 Å². The minimum Gasteiger partial charge on any atom is -0.391 e. The number of aromatic amines is 2. The molecule has 1 fully saturated rings. The number of rotatable bonds is 3. The van der Waals surface area contributed by atoms with Gasteiger partial charge in [0.1, 0.15) is 5.65 Å². The Labute approximate surface area is 160 Å². The van der Waals surface area contributed by atoms with E-state index in [2.05, 4.69) is 26.9 Å². The number of H-pyrrole nitrogens is 2. The van der Waals surface area contributed by atoms with Crippen molar-refractivity contribution in [1.82, 2.24) is 24.5 Å². The molecule has 8 heteroatoms. The van der Waals surface area contributed by atoms with Crippen LogP contribution in [0.15, 0.2) is 35.5 Å². The van der Waals surface area contributed by atoms with E-state index in [1.807, 2.05) is 24.5 Å². The predicted molar refractivity (Wildman–Crippen MR) is 105 cm³/mol.